The van der Waals surface area contributed by atoms with Crippen LogP contribution in [0.2, 0.25) is 10.0 Å². The average molecular weight is 497 g/mol. The molecule has 0 radical (unpaired) electrons. The maximum absolute atomic E-state index is 6.25. The van der Waals surface area contributed by atoms with Crippen LogP contribution in [0, 0.1) is 0 Å². The second-order valence-electron chi connectivity index (χ2n) is 8.39. The fraction of sp³-hybridized carbons (Fsp3) is 0.308. The van der Waals surface area contributed by atoms with E-state index in [9.17, 15) is 0 Å². The van der Waals surface area contributed by atoms with Gasteiger partial charge in [0.25, 0.3) is 0 Å². The molecule has 1 aliphatic heterocycles. The van der Waals surface area contributed by atoms with Gasteiger partial charge in [0.2, 0.25) is 11.7 Å². The molecule has 0 spiro atoms. The van der Waals surface area contributed by atoms with Crippen LogP contribution in [-0.4, -0.2) is 47.8 Å². The van der Waals surface area contributed by atoms with Gasteiger partial charge in [-0.05, 0) is 47.8 Å². The number of fused-ring (bicyclic) bond motifs is 1. The molecular weight excluding hydrogens is 471 g/mol. The molecule has 0 aliphatic carbocycles. The minimum Gasteiger partial charge on any atom is -0.485 e. The Kier molecular flexibility index (Phi) is 6.90. The van der Waals surface area contributed by atoms with E-state index in [-0.39, 0.29) is 6.61 Å². The summed E-state index contributed by atoms with van der Waals surface area (Å²) in [7, 11) is 0. The predicted octanol–water partition coefficient (Wildman–Crippen LogP) is 5.84. The molecule has 0 bridgehead atoms. The molecule has 34 heavy (non-hydrogen) atoms. The zero-order chi connectivity index (χ0) is 23.5. The number of hydrogen-bond donors (Lipinski definition) is 0. The molecule has 0 saturated carbocycles. The first-order valence-corrected chi connectivity index (χ1v) is 12.2. The minimum absolute atomic E-state index is 0.223. The van der Waals surface area contributed by atoms with Crippen molar-refractivity contribution in [2.75, 3.05) is 37.6 Å². The molecular formula is C26H26Cl2N4O2. The first-order chi connectivity index (χ1) is 16.6. The summed E-state index contributed by atoms with van der Waals surface area (Å²) in [6.07, 6.45) is 0.438. The van der Waals surface area contributed by atoms with Crippen LogP contribution in [0.25, 0.3) is 10.8 Å². The number of likely N-dealkylation sites (N-methyl/N-ethyl adjacent to an activating group) is 1. The van der Waals surface area contributed by atoms with Gasteiger partial charge >= 0.3 is 0 Å². The van der Waals surface area contributed by atoms with Crippen molar-refractivity contribution in [3.8, 4) is 5.75 Å². The second-order valence-corrected chi connectivity index (χ2v) is 9.23. The summed E-state index contributed by atoms with van der Waals surface area (Å²) in [5, 5.41) is 7.61. The number of nitrogens with zero attached hydrogens (tertiary/aromatic N) is 4. The van der Waals surface area contributed by atoms with Gasteiger partial charge in [-0.1, -0.05) is 59.5 Å². The monoisotopic (exact) mass is 496 g/mol. The molecule has 1 aromatic heterocycles. The largest absolute Gasteiger partial charge is 0.485 e. The third kappa shape index (κ3) is 5.14. The van der Waals surface area contributed by atoms with E-state index in [0.717, 1.165) is 44.0 Å². The van der Waals surface area contributed by atoms with Crippen molar-refractivity contribution in [1.29, 1.82) is 0 Å². The molecule has 0 unspecified atom stereocenters. The normalized spacial score (nSPS) is 14.6. The van der Waals surface area contributed by atoms with Crippen LogP contribution in [-0.2, 0) is 13.0 Å². The third-order valence-corrected chi connectivity index (χ3v) is 6.81. The van der Waals surface area contributed by atoms with Crippen LogP contribution in [0.15, 0.2) is 59.1 Å². The maximum atomic E-state index is 6.25. The maximum Gasteiger partial charge on any atom is 0.231 e. The number of benzene rings is 3. The summed E-state index contributed by atoms with van der Waals surface area (Å²) < 4.78 is 11.4. The lowest BCUT2D eigenvalue weighted by atomic mass is 10.1. The topological polar surface area (TPSA) is 54.6 Å². The molecule has 8 heteroatoms. The van der Waals surface area contributed by atoms with Crippen LogP contribution in [0.5, 0.6) is 5.75 Å². The molecule has 1 saturated heterocycles. The van der Waals surface area contributed by atoms with Crippen LogP contribution in [0.3, 0.4) is 0 Å². The number of aromatic nitrogens is 2. The Hall–Kier alpha value is -2.80. The van der Waals surface area contributed by atoms with E-state index in [4.69, 9.17) is 32.5 Å². The number of rotatable bonds is 7. The van der Waals surface area contributed by atoms with Gasteiger partial charge in [-0.2, -0.15) is 4.98 Å². The molecule has 176 valence electrons. The molecule has 3 aromatic carbocycles. The number of halogens is 2. The van der Waals surface area contributed by atoms with Crippen LogP contribution >= 0.6 is 23.2 Å². The summed E-state index contributed by atoms with van der Waals surface area (Å²) in [5.41, 5.74) is 2.13. The highest BCUT2D eigenvalue weighted by atomic mass is 35.5. The highest BCUT2D eigenvalue weighted by Crippen LogP contribution is 2.31. The lowest BCUT2D eigenvalue weighted by Gasteiger charge is -2.36. The Balaban J connectivity index is 1.27. The minimum atomic E-state index is 0.223. The average Bonchev–Trinajstić information content (AvgIpc) is 3.31. The van der Waals surface area contributed by atoms with E-state index in [1.54, 1.807) is 12.1 Å². The van der Waals surface area contributed by atoms with E-state index < -0.39 is 0 Å². The lowest BCUT2D eigenvalue weighted by Crippen LogP contribution is -2.46. The van der Waals surface area contributed by atoms with Gasteiger partial charge in [-0.25, -0.2) is 0 Å². The molecule has 5 rings (SSSR count). The fourth-order valence-electron chi connectivity index (χ4n) is 4.30. The van der Waals surface area contributed by atoms with Crippen molar-refractivity contribution >= 4 is 39.7 Å². The molecule has 0 amide bonds. The Morgan fingerprint density at radius 1 is 1.00 bits per heavy atom. The van der Waals surface area contributed by atoms with Gasteiger partial charge in [0, 0.05) is 47.3 Å². The van der Waals surface area contributed by atoms with Gasteiger partial charge in [-0.3, -0.25) is 0 Å². The Morgan fingerprint density at radius 2 is 1.85 bits per heavy atom. The smallest absolute Gasteiger partial charge is 0.231 e. The molecule has 2 heterocycles. The van der Waals surface area contributed by atoms with E-state index >= 15 is 0 Å². The van der Waals surface area contributed by atoms with Gasteiger partial charge in [0.05, 0.1) is 6.42 Å². The Bertz CT molecular complexity index is 1290. The highest BCUT2D eigenvalue weighted by Gasteiger charge is 2.18. The molecule has 1 fully saturated rings. The standard InChI is InChI=1S/C26H26Cl2N4O2/c1-2-31-10-12-32(13-11-31)24-5-3-4-18-7-9-21(16-22(18)24)33-17-25-29-26(34-30-25)14-19-6-8-20(27)15-23(19)28/h3-9,15-16H,2,10-14,17H2,1H3. The lowest BCUT2D eigenvalue weighted by molar-refractivity contribution is 0.271. The first kappa shape index (κ1) is 23.0. The van der Waals surface area contributed by atoms with Crippen molar-refractivity contribution in [3.05, 3.63) is 81.9 Å². The number of piperazine rings is 1. The van der Waals surface area contributed by atoms with Gasteiger partial charge in [-0.15, -0.1) is 0 Å². The molecule has 0 N–H and O–H groups in total. The highest BCUT2D eigenvalue weighted by molar-refractivity contribution is 6.35. The molecule has 4 aromatic rings. The van der Waals surface area contributed by atoms with Gasteiger partial charge in [0.1, 0.15) is 5.75 Å². The summed E-state index contributed by atoms with van der Waals surface area (Å²) in [6.45, 7) is 7.78. The first-order valence-electron chi connectivity index (χ1n) is 11.5. The van der Waals surface area contributed by atoms with Gasteiger partial charge < -0.3 is 19.1 Å². The summed E-state index contributed by atoms with van der Waals surface area (Å²) in [5.74, 6) is 1.75. The fourth-order valence-corrected chi connectivity index (χ4v) is 4.78. The SMILES string of the molecule is CCN1CCN(c2cccc3ccc(OCc4noc(Cc5ccc(Cl)cc5Cl)n4)cc23)CC1. The van der Waals surface area contributed by atoms with Crippen molar-refractivity contribution in [1.82, 2.24) is 15.0 Å². The summed E-state index contributed by atoms with van der Waals surface area (Å²) >= 11 is 12.2. The van der Waals surface area contributed by atoms with Crippen LogP contribution in [0.4, 0.5) is 5.69 Å². The molecule has 0 atom stereocenters. The second kappa shape index (κ2) is 10.2. The van der Waals surface area contributed by atoms with E-state index in [1.165, 1.54) is 16.5 Å². The summed E-state index contributed by atoms with van der Waals surface area (Å²) in [6, 6.07) is 18.0. The zero-order valence-electron chi connectivity index (χ0n) is 19.0. The molecule has 1 aliphatic rings. The van der Waals surface area contributed by atoms with Crippen LogP contribution in [0.1, 0.15) is 24.2 Å². The Labute approximate surface area is 209 Å². The van der Waals surface area contributed by atoms with Crippen molar-refractivity contribution in [2.24, 2.45) is 0 Å². The zero-order valence-corrected chi connectivity index (χ0v) is 20.5. The van der Waals surface area contributed by atoms with Crippen molar-refractivity contribution < 1.29 is 9.26 Å². The van der Waals surface area contributed by atoms with Crippen molar-refractivity contribution in [2.45, 2.75) is 20.0 Å². The number of anilines is 1. The quantitative estimate of drug-likeness (QED) is 0.320. The summed E-state index contributed by atoms with van der Waals surface area (Å²) in [4.78, 5) is 9.39. The van der Waals surface area contributed by atoms with Crippen LogP contribution < -0.4 is 9.64 Å². The Morgan fingerprint density at radius 3 is 2.65 bits per heavy atom. The number of ether oxygens (including phenoxy) is 1. The van der Waals surface area contributed by atoms with E-state index in [0.29, 0.717) is 28.2 Å². The third-order valence-electron chi connectivity index (χ3n) is 6.23. The van der Waals surface area contributed by atoms with E-state index in [2.05, 4.69) is 57.2 Å². The molecule has 6 nitrogen and oxygen atoms in total. The van der Waals surface area contributed by atoms with Crippen molar-refractivity contribution in [3.63, 3.8) is 0 Å². The number of hydrogen-bond acceptors (Lipinski definition) is 6. The van der Waals surface area contributed by atoms with E-state index in [1.807, 2.05) is 12.1 Å². The predicted molar refractivity (Wildman–Crippen MR) is 136 cm³/mol. The van der Waals surface area contributed by atoms with Gasteiger partial charge in [0.15, 0.2) is 6.61 Å².